The van der Waals surface area contributed by atoms with Gasteiger partial charge in [-0.25, -0.2) is 4.39 Å². The molecule has 1 unspecified atom stereocenters. The van der Waals surface area contributed by atoms with Gasteiger partial charge < -0.3 is 40.2 Å². The van der Waals surface area contributed by atoms with Crippen molar-refractivity contribution in [3.05, 3.63) is 82.8 Å². The van der Waals surface area contributed by atoms with Gasteiger partial charge in [0, 0.05) is 18.1 Å². The quantitative estimate of drug-likeness (QED) is 0.216. The fraction of sp³-hybridized carbons (Fsp3) is 0.296. The number of ether oxygens (including phenoxy) is 1. The number of nitrogens with one attached hydrogen (secondary N) is 1. The van der Waals surface area contributed by atoms with Gasteiger partial charge in [0.15, 0.2) is 6.29 Å². The minimum atomic E-state index is -2.22. The first kappa shape index (κ1) is 26.5. The van der Waals surface area contributed by atoms with Crippen LogP contribution in [0.2, 0.25) is 5.02 Å². The minimum Gasteiger partial charge on any atom is -0.394 e. The molecule has 0 bridgehead atoms. The van der Waals surface area contributed by atoms with Gasteiger partial charge in [-0.05, 0) is 34.5 Å². The lowest BCUT2D eigenvalue weighted by molar-refractivity contribution is -0.288. The Bertz CT molecular complexity index is 1510. The van der Waals surface area contributed by atoms with Crippen molar-refractivity contribution in [3.8, 4) is 0 Å². The molecule has 5 atom stereocenters. The summed E-state index contributed by atoms with van der Waals surface area (Å²) in [6, 6.07) is 16.2. The van der Waals surface area contributed by atoms with Gasteiger partial charge in [0.1, 0.15) is 29.7 Å². The molecule has 9 nitrogen and oxygen atoms in total. The highest BCUT2D eigenvalue weighted by Gasteiger charge is 2.56. The van der Waals surface area contributed by atoms with Gasteiger partial charge in [-0.1, -0.05) is 48.0 Å². The number of halogens is 2. The molecule has 5 rings (SSSR count). The smallest absolute Gasteiger partial charge is 0.254 e. The molecule has 200 valence electrons. The molecule has 0 radical (unpaired) electrons. The summed E-state index contributed by atoms with van der Waals surface area (Å²) in [5.74, 6) is -1.63. The lowest BCUT2D eigenvalue weighted by Gasteiger charge is -2.48. The summed E-state index contributed by atoms with van der Waals surface area (Å²) in [7, 11) is 0. The number of carbonyl (C=O) groups is 1. The van der Waals surface area contributed by atoms with Crippen LogP contribution < -0.4 is 5.32 Å². The van der Waals surface area contributed by atoms with Crippen LogP contribution in [0.15, 0.2) is 60.8 Å². The molecule has 6 N–H and O–H groups in total. The number of amides is 1. The number of fused-ring (bicyclic) bond motifs is 2. The third-order valence-corrected chi connectivity index (χ3v) is 7.39. The number of hydrogen-bond acceptors (Lipinski definition) is 7. The summed E-state index contributed by atoms with van der Waals surface area (Å²) in [5, 5.41) is 55.4. The zero-order valence-electron chi connectivity index (χ0n) is 20.0. The van der Waals surface area contributed by atoms with Crippen molar-refractivity contribution in [1.82, 2.24) is 9.88 Å². The lowest BCUT2D eigenvalue weighted by atomic mass is 9.83. The van der Waals surface area contributed by atoms with E-state index in [1.807, 2.05) is 42.5 Å². The topological polar surface area (TPSA) is 144 Å². The van der Waals surface area contributed by atoms with Gasteiger partial charge in [-0.2, -0.15) is 0 Å². The van der Waals surface area contributed by atoms with Crippen molar-refractivity contribution in [2.45, 2.75) is 36.7 Å². The third kappa shape index (κ3) is 4.44. The minimum absolute atomic E-state index is 0.0256. The van der Waals surface area contributed by atoms with Crippen LogP contribution in [0.1, 0.15) is 15.9 Å². The molecule has 1 saturated heterocycles. The maximum atomic E-state index is 14.5. The number of nitrogens with zero attached hydrogens (tertiary/aromatic N) is 1. The molecule has 1 aromatic heterocycles. The maximum absolute atomic E-state index is 14.5. The number of carbonyl (C=O) groups excluding carboxylic acids is 1. The van der Waals surface area contributed by atoms with E-state index >= 15 is 0 Å². The summed E-state index contributed by atoms with van der Waals surface area (Å²) >= 11 is 6.06. The zero-order valence-corrected chi connectivity index (χ0v) is 20.7. The van der Waals surface area contributed by atoms with Gasteiger partial charge in [-0.15, -0.1) is 0 Å². The molecule has 0 saturated carbocycles. The van der Waals surface area contributed by atoms with Crippen molar-refractivity contribution in [1.29, 1.82) is 0 Å². The van der Waals surface area contributed by atoms with E-state index in [1.54, 1.807) is 4.57 Å². The standard InChI is InChI=1S/C27H26ClFN2O7/c28-19-9-21-17(8-20(19)29)18(11-31(21)10-14-5-6-15-3-1-2-4-16(15)7-14)25(36)30-27(13-33)24(35)23(34)22(12-32)38-26(27)37/h1-9,11,22-24,26,32-35,37H,10,12-13H2,(H,30,36)/t22-,23-,24+,26?,27-/m1/s1. The van der Waals surface area contributed by atoms with Crippen molar-refractivity contribution >= 4 is 39.2 Å². The first-order valence-corrected chi connectivity index (χ1v) is 12.3. The molecular formula is C27H26ClFN2O7. The second-order valence-corrected chi connectivity index (χ2v) is 9.84. The predicted octanol–water partition coefficient (Wildman–Crippen LogP) is 1.53. The molecule has 38 heavy (non-hydrogen) atoms. The summed E-state index contributed by atoms with van der Waals surface area (Å²) < 4.78 is 21.3. The molecule has 11 heteroatoms. The van der Waals surface area contributed by atoms with E-state index in [4.69, 9.17) is 16.3 Å². The highest BCUT2D eigenvalue weighted by Crippen LogP contribution is 2.32. The number of rotatable bonds is 6. The molecule has 0 aliphatic carbocycles. The van der Waals surface area contributed by atoms with Crippen molar-refractivity contribution in [2.24, 2.45) is 0 Å². The summed E-state index contributed by atoms with van der Waals surface area (Å²) in [6.07, 6.45) is -5.44. The summed E-state index contributed by atoms with van der Waals surface area (Å²) in [6.45, 7) is -1.41. The van der Waals surface area contributed by atoms with Crippen molar-refractivity contribution < 1.29 is 39.5 Å². The highest BCUT2D eigenvalue weighted by atomic mass is 35.5. The molecule has 1 amide bonds. The predicted molar refractivity (Wildman–Crippen MR) is 137 cm³/mol. The van der Waals surface area contributed by atoms with Gasteiger partial charge in [0.2, 0.25) is 0 Å². The fourth-order valence-electron chi connectivity index (χ4n) is 4.93. The largest absolute Gasteiger partial charge is 0.394 e. The Kier molecular flexibility index (Phi) is 7.14. The van der Waals surface area contributed by atoms with Crippen molar-refractivity contribution in [2.75, 3.05) is 13.2 Å². The fourth-order valence-corrected chi connectivity index (χ4v) is 5.09. The molecule has 3 aromatic carbocycles. The molecule has 1 fully saturated rings. The number of aliphatic hydroxyl groups is 5. The van der Waals surface area contributed by atoms with Gasteiger partial charge >= 0.3 is 0 Å². The molecular weight excluding hydrogens is 519 g/mol. The molecule has 1 aliphatic rings. The van der Waals surface area contributed by atoms with E-state index in [1.165, 1.54) is 12.3 Å². The van der Waals surface area contributed by atoms with E-state index in [2.05, 4.69) is 5.32 Å². The van der Waals surface area contributed by atoms with E-state index in [0.29, 0.717) is 12.1 Å². The number of aliphatic hydroxyl groups excluding tert-OH is 5. The Morgan fingerprint density at radius 3 is 2.53 bits per heavy atom. The summed E-state index contributed by atoms with van der Waals surface area (Å²) in [4.78, 5) is 13.5. The van der Waals surface area contributed by atoms with Crippen LogP contribution >= 0.6 is 11.6 Å². The highest BCUT2D eigenvalue weighted by molar-refractivity contribution is 6.31. The van der Waals surface area contributed by atoms with Crippen LogP contribution in [-0.2, 0) is 11.3 Å². The van der Waals surface area contributed by atoms with Crippen LogP contribution in [0.5, 0.6) is 0 Å². The maximum Gasteiger partial charge on any atom is 0.254 e. The van der Waals surface area contributed by atoms with E-state index in [9.17, 15) is 34.7 Å². The van der Waals surface area contributed by atoms with Gasteiger partial charge in [0.05, 0.1) is 29.3 Å². The number of hydrogen-bond donors (Lipinski definition) is 6. The second kappa shape index (κ2) is 10.2. The van der Waals surface area contributed by atoms with E-state index in [0.717, 1.165) is 22.4 Å². The number of aromatic nitrogens is 1. The van der Waals surface area contributed by atoms with Crippen LogP contribution in [0.3, 0.4) is 0 Å². The first-order chi connectivity index (χ1) is 18.2. The lowest BCUT2D eigenvalue weighted by Crippen LogP contribution is -2.74. The molecule has 1 aliphatic heterocycles. The summed E-state index contributed by atoms with van der Waals surface area (Å²) in [5.41, 5.74) is -0.888. The second-order valence-electron chi connectivity index (χ2n) is 9.43. The van der Waals surface area contributed by atoms with E-state index < -0.39 is 55.1 Å². The average Bonchev–Trinajstić information content (AvgIpc) is 3.25. The van der Waals surface area contributed by atoms with Crippen molar-refractivity contribution in [3.63, 3.8) is 0 Å². The molecule has 0 spiro atoms. The third-order valence-electron chi connectivity index (χ3n) is 7.10. The molecule has 4 aromatic rings. The Morgan fingerprint density at radius 2 is 1.82 bits per heavy atom. The van der Waals surface area contributed by atoms with Crippen LogP contribution in [-0.4, -0.2) is 79.4 Å². The molecule has 2 heterocycles. The van der Waals surface area contributed by atoms with Crippen LogP contribution in [0.4, 0.5) is 4.39 Å². The Hall–Kier alpha value is -3.09. The SMILES string of the molecule is O=C(N[C@@]1(CO)C(O)O[C@H](CO)[C@@H](O)[C@@H]1O)c1cn(Cc2ccc3ccccc3c2)c2cc(Cl)c(F)cc12. The Balaban J connectivity index is 1.53. The normalized spacial score (nSPS) is 25.7. The van der Waals surface area contributed by atoms with Gasteiger partial charge in [-0.3, -0.25) is 4.79 Å². The van der Waals surface area contributed by atoms with Crippen LogP contribution in [0.25, 0.3) is 21.7 Å². The first-order valence-electron chi connectivity index (χ1n) is 11.9. The number of benzene rings is 3. The Morgan fingerprint density at radius 1 is 1.08 bits per heavy atom. The zero-order chi connectivity index (χ0) is 27.2. The monoisotopic (exact) mass is 544 g/mol. The van der Waals surface area contributed by atoms with Crippen LogP contribution in [0, 0.1) is 5.82 Å². The average molecular weight is 545 g/mol. The van der Waals surface area contributed by atoms with E-state index in [-0.39, 0.29) is 16.0 Å². The Labute approximate surface area is 221 Å². The van der Waals surface area contributed by atoms with Gasteiger partial charge in [0.25, 0.3) is 5.91 Å².